The van der Waals surface area contributed by atoms with E-state index in [0.29, 0.717) is 46.5 Å². The number of nitrogens with two attached hydrogens (primary N) is 1. The van der Waals surface area contributed by atoms with Crippen molar-refractivity contribution in [2.75, 3.05) is 17.6 Å². The van der Waals surface area contributed by atoms with Gasteiger partial charge in [-0.15, -0.1) is 0 Å². The number of rotatable bonds is 2. The Morgan fingerprint density at radius 1 is 1.32 bits per heavy atom. The lowest BCUT2D eigenvalue weighted by Crippen LogP contribution is -2.55. The van der Waals surface area contributed by atoms with E-state index in [-0.39, 0.29) is 5.92 Å². The van der Waals surface area contributed by atoms with Gasteiger partial charge in [0.1, 0.15) is 17.2 Å². The van der Waals surface area contributed by atoms with Gasteiger partial charge in [-0.2, -0.15) is 5.10 Å². The summed E-state index contributed by atoms with van der Waals surface area (Å²) < 4.78 is 14.7. The number of pyridine rings is 1. The van der Waals surface area contributed by atoms with Crippen LogP contribution < -0.4 is 11.1 Å². The number of halogens is 1. The van der Waals surface area contributed by atoms with E-state index in [0.717, 1.165) is 6.42 Å². The molecular formula is C22H25FN6O2. The van der Waals surface area contributed by atoms with Gasteiger partial charge in [-0.1, -0.05) is 6.92 Å². The van der Waals surface area contributed by atoms with Crippen LogP contribution in [0.3, 0.4) is 0 Å². The lowest BCUT2D eigenvalue weighted by molar-refractivity contribution is -0.150. The van der Waals surface area contributed by atoms with Gasteiger partial charge in [0.05, 0.1) is 23.6 Å². The number of carbonyl (C=O) groups is 2. The quantitative estimate of drug-likeness (QED) is 0.547. The number of aryl methyl sites for hydroxylation is 1. The van der Waals surface area contributed by atoms with E-state index in [4.69, 9.17) is 5.73 Å². The summed E-state index contributed by atoms with van der Waals surface area (Å²) >= 11 is 0. The number of nitrogen functional groups attached to an aromatic ring is 1. The first kappa shape index (κ1) is 20.8. The number of nitrogens with one attached hydrogen (secondary N) is 2. The molecule has 2 atom stereocenters. The molecule has 4 rings (SSSR count). The number of aromatic amines is 1. The fourth-order valence-corrected chi connectivity index (χ4v) is 4.16. The highest BCUT2D eigenvalue weighted by Crippen LogP contribution is 2.40. The summed E-state index contributed by atoms with van der Waals surface area (Å²) in [4.78, 5) is 31.6. The predicted octanol–water partition coefficient (Wildman–Crippen LogP) is 3.10. The number of anilines is 2. The second-order valence-electron chi connectivity index (χ2n) is 8.51. The third-order valence-corrected chi connectivity index (χ3v) is 6.15. The van der Waals surface area contributed by atoms with Crippen LogP contribution in [0.15, 0.2) is 30.6 Å². The van der Waals surface area contributed by atoms with Crippen LogP contribution in [-0.4, -0.2) is 38.4 Å². The van der Waals surface area contributed by atoms with Crippen LogP contribution >= 0.6 is 0 Å². The van der Waals surface area contributed by atoms with Crippen molar-refractivity contribution in [2.24, 2.45) is 5.92 Å². The minimum atomic E-state index is -0.831. The fraction of sp³-hybridized carbons (Fsp3) is 0.364. The number of benzene rings is 1. The molecule has 4 N–H and O–H groups in total. The molecule has 1 aliphatic rings. The van der Waals surface area contributed by atoms with Crippen LogP contribution in [0.2, 0.25) is 0 Å². The van der Waals surface area contributed by atoms with Gasteiger partial charge >= 0.3 is 11.8 Å². The summed E-state index contributed by atoms with van der Waals surface area (Å²) in [5.41, 5.74) is 6.93. The van der Waals surface area contributed by atoms with Crippen molar-refractivity contribution in [1.29, 1.82) is 0 Å². The molecule has 0 bridgehead atoms. The summed E-state index contributed by atoms with van der Waals surface area (Å²) in [6.07, 6.45) is 4.42. The number of carbonyl (C=O) groups excluding carboxylic acids is 2. The Bertz CT molecular complexity index is 1180. The van der Waals surface area contributed by atoms with Crippen molar-refractivity contribution >= 4 is 34.2 Å². The molecule has 3 aromatic rings. The first-order chi connectivity index (χ1) is 14.7. The zero-order valence-electron chi connectivity index (χ0n) is 17.7. The highest BCUT2D eigenvalue weighted by molar-refractivity contribution is 6.39. The molecule has 2 amide bonds. The molecule has 2 aromatic heterocycles. The number of hydrogen-bond donors (Lipinski definition) is 3. The van der Waals surface area contributed by atoms with Crippen molar-refractivity contribution in [1.82, 2.24) is 20.1 Å². The number of likely N-dealkylation sites (tertiary alicyclic amines) is 1. The van der Waals surface area contributed by atoms with E-state index in [9.17, 15) is 14.0 Å². The smallest absolute Gasteiger partial charge is 0.313 e. The van der Waals surface area contributed by atoms with E-state index in [1.807, 2.05) is 19.9 Å². The van der Waals surface area contributed by atoms with Crippen LogP contribution in [0, 0.1) is 18.7 Å². The molecule has 8 nitrogen and oxygen atoms in total. The van der Waals surface area contributed by atoms with Gasteiger partial charge in [-0.3, -0.25) is 14.7 Å². The zero-order valence-corrected chi connectivity index (χ0v) is 17.7. The molecule has 31 heavy (non-hydrogen) atoms. The van der Waals surface area contributed by atoms with Crippen LogP contribution in [0.5, 0.6) is 0 Å². The van der Waals surface area contributed by atoms with E-state index in [1.54, 1.807) is 24.1 Å². The molecular weight excluding hydrogens is 399 g/mol. The Morgan fingerprint density at radius 2 is 2.10 bits per heavy atom. The SMILES string of the molecule is Cc1cc(NC(=O)C(=O)N2C[C@@H](C)CC[C@@]2(C)c2cc(F)c3[nH]ncc3c2)cnc1N. The largest absolute Gasteiger partial charge is 0.383 e. The number of fused-ring (bicyclic) bond motifs is 1. The molecule has 0 aliphatic carbocycles. The van der Waals surface area contributed by atoms with E-state index < -0.39 is 23.2 Å². The van der Waals surface area contributed by atoms with Gasteiger partial charge < -0.3 is 16.0 Å². The highest BCUT2D eigenvalue weighted by Gasteiger charge is 2.43. The van der Waals surface area contributed by atoms with E-state index in [1.165, 1.54) is 12.3 Å². The van der Waals surface area contributed by atoms with Gasteiger partial charge in [-0.25, -0.2) is 9.37 Å². The van der Waals surface area contributed by atoms with Gasteiger partial charge in [0, 0.05) is 11.9 Å². The molecule has 1 saturated heterocycles. The maximum atomic E-state index is 14.7. The number of piperidine rings is 1. The minimum Gasteiger partial charge on any atom is -0.383 e. The van der Waals surface area contributed by atoms with Crippen LogP contribution in [0.4, 0.5) is 15.9 Å². The summed E-state index contributed by atoms with van der Waals surface area (Å²) in [7, 11) is 0. The normalized spacial score (nSPS) is 21.3. The summed E-state index contributed by atoms with van der Waals surface area (Å²) in [5, 5.41) is 9.77. The molecule has 1 fully saturated rings. The second kappa shape index (κ2) is 7.64. The molecule has 0 saturated carbocycles. The summed E-state index contributed by atoms with van der Waals surface area (Å²) in [6.45, 7) is 6.07. The van der Waals surface area contributed by atoms with E-state index >= 15 is 0 Å². The highest BCUT2D eigenvalue weighted by atomic mass is 19.1. The molecule has 9 heteroatoms. The van der Waals surface area contributed by atoms with Crippen molar-refractivity contribution in [3.05, 3.63) is 47.5 Å². The Balaban J connectivity index is 1.66. The van der Waals surface area contributed by atoms with Gasteiger partial charge in [-0.05, 0) is 61.9 Å². The first-order valence-electron chi connectivity index (χ1n) is 10.2. The van der Waals surface area contributed by atoms with Gasteiger partial charge in [0.2, 0.25) is 0 Å². The van der Waals surface area contributed by atoms with Crippen molar-refractivity contribution < 1.29 is 14.0 Å². The lowest BCUT2D eigenvalue weighted by atomic mass is 9.78. The fourth-order valence-electron chi connectivity index (χ4n) is 4.16. The van der Waals surface area contributed by atoms with Crippen molar-refractivity contribution in [3.8, 4) is 0 Å². The predicted molar refractivity (Wildman–Crippen MR) is 116 cm³/mol. The Morgan fingerprint density at radius 3 is 2.84 bits per heavy atom. The van der Waals surface area contributed by atoms with Gasteiger partial charge in [0.15, 0.2) is 0 Å². The van der Waals surface area contributed by atoms with E-state index in [2.05, 4.69) is 20.5 Å². The molecule has 1 aliphatic heterocycles. The van der Waals surface area contributed by atoms with Crippen LogP contribution in [0.1, 0.15) is 37.8 Å². The molecule has 0 radical (unpaired) electrons. The number of aromatic nitrogens is 3. The molecule has 3 heterocycles. The number of nitrogens with zero attached hydrogens (tertiary/aromatic N) is 3. The molecule has 0 spiro atoms. The third-order valence-electron chi connectivity index (χ3n) is 6.15. The summed E-state index contributed by atoms with van der Waals surface area (Å²) in [5.74, 6) is -1.30. The lowest BCUT2D eigenvalue weighted by Gasteiger charge is -2.47. The third kappa shape index (κ3) is 3.71. The standard InChI is InChI=1S/C22H25FN6O2/c1-12-4-5-22(3,15-7-14-9-26-28-18(14)17(23)8-15)29(11-12)21(31)20(30)27-16-6-13(2)19(24)25-10-16/h6-10,12H,4-5,11H2,1-3H3,(H2,24,25)(H,26,28)(H,27,30)/t12-,22-/m0/s1. The molecule has 1 aromatic carbocycles. The first-order valence-corrected chi connectivity index (χ1v) is 10.2. The number of amides is 2. The minimum absolute atomic E-state index is 0.216. The number of H-pyrrole nitrogens is 1. The average Bonchev–Trinajstić information content (AvgIpc) is 3.21. The Kier molecular flexibility index (Phi) is 5.12. The monoisotopic (exact) mass is 424 g/mol. The van der Waals surface area contributed by atoms with Crippen LogP contribution in [0.25, 0.3) is 10.9 Å². The van der Waals surface area contributed by atoms with Crippen molar-refractivity contribution in [2.45, 2.75) is 39.2 Å². The maximum Gasteiger partial charge on any atom is 0.313 e. The number of hydrogen-bond acceptors (Lipinski definition) is 5. The summed E-state index contributed by atoms with van der Waals surface area (Å²) in [6, 6.07) is 4.90. The topological polar surface area (TPSA) is 117 Å². The maximum absolute atomic E-state index is 14.7. The van der Waals surface area contributed by atoms with Crippen molar-refractivity contribution in [3.63, 3.8) is 0 Å². The Labute approximate surface area is 179 Å². The molecule has 0 unspecified atom stereocenters. The second-order valence-corrected chi connectivity index (χ2v) is 8.51. The Hall–Kier alpha value is -3.49. The average molecular weight is 424 g/mol. The zero-order chi connectivity index (χ0) is 22.3. The van der Waals surface area contributed by atoms with Crippen LogP contribution in [-0.2, 0) is 15.1 Å². The van der Waals surface area contributed by atoms with Gasteiger partial charge in [0.25, 0.3) is 0 Å². The molecule has 162 valence electrons.